The molecule has 0 aliphatic rings. The van der Waals surface area contributed by atoms with Gasteiger partial charge in [-0.15, -0.1) is 0 Å². The molecule has 3 nitrogen and oxygen atoms in total. The number of methoxy groups -OCH3 is 1. The van der Waals surface area contributed by atoms with E-state index in [-0.39, 0.29) is 6.61 Å². The Hall–Kier alpha value is -1.06. The number of unbranched alkanes of at least 4 members (excludes halogenated alkanes) is 1. The summed E-state index contributed by atoms with van der Waals surface area (Å²) >= 11 is 0. The van der Waals surface area contributed by atoms with E-state index in [1.807, 2.05) is 24.3 Å². The molecule has 0 heterocycles. The normalized spacial score (nSPS) is 10.4. The Morgan fingerprint density at radius 2 is 1.88 bits per heavy atom. The fourth-order valence-corrected chi connectivity index (χ4v) is 1.50. The van der Waals surface area contributed by atoms with Gasteiger partial charge in [0, 0.05) is 20.3 Å². The van der Waals surface area contributed by atoms with E-state index in [9.17, 15) is 0 Å². The molecule has 1 rings (SSSR count). The van der Waals surface area contributed by atoms with E-state index in [2.05, 4.69) is 0 Å². The molecule has 0 aliphatic carbocycles. The Labute approximate surface area is 97.0 Å². The fourth-order valence-electron chi connectivity index (χ4n) is 1.50. The van der Waals surface area contributed by atoms with Gasteiger partial charge in [-0.2, -0.15) is 0 Å². The number of hydrogen-bond acceptors (Lipinski definition) is 3. The molecule has 0 saturated heterocycles. The number of benzene rings is 1. The number of aliphatic hydroxyl groups excluding tert-OH is 1. The van der Waals surface area contributed by atoms with Crippen LogP contribution >= 0.6 is 0 Å². The molecule has 0 unspecified atom stereocenters. The van der Waals surface area contributed by atoms with E-state index in [1.54, 1.807) is 7.11 Å². The summed E-state index contributed by atoms with van der Waals surface area (Å²) < 4.78 is 10.6. The molecular formula is C13H20O3. The van der Waals surface area contributed by atoms with Crippen molar-refractivity contribution in [2.24, 2.45) is 0 Å². The van der Waals surface area contributed by atoms with Crippen molar-refractivity contribution < 1.29 is 14.6 Å². The molecule has 0 saturated carbocycles. The van der Waals surface area contributed by atoms with E-state index in [0.29, 0.717) is 13.0 Å². The maximum absolute atomic E-state index is 8.91. The van der Waals surface area contributed by atoms with Gasteiger partial charge in [0.2, 0.25) is 0 Å². The lowest BCUT2D eigenvalue weighted by molar-refractivity contribution is 0.184. The van der Waals surface area contributed by atoms with Gasteiger partial charge in [-0.1, -0.05) is 18.2 Å². The van der Waals surface area contributed by atoms with E-state index in [4.69, 9.17) is 14.6 Å². The average Bonchev–Trinajstić information content (AvgIpc) is 2.31. The highest BCUT2D eigenvalue weighted by molar-refractivity contribution is 5.33. The van der Waals surface area contributed by atoms with Crippen LogP contribution in [0.25, 0.3) is 0 Å². The third kappa shape index (κ3) is 4.64. The van der Waals surface area contributed by atoms with Gasteiger partial charge in [0.05, 0.1) is 6.61 Å². The average molecular weight is 224 g/mol. The van der Waals surface area contributed by atoms with Crippen LogP contribution in [0.1, 0.15) is 18.4 Å². The van der Waals surface area contributed by atoms with Gasteiger partial charge >= 0.3 is 0 Å². The van der Waals surface area contributed by atoms with E-state index >= 15 is 0 Å². The Bertz CT molecular complexity index is 286. The van der Waals surface area contributed by atoms with Crippen molar-refractivity contribution in [2.45, 2.75) is 19.3 Å². The van der Waals surface area contributed by atoms with Gasteiger partial charge in [-0.3, -0.25) is 0 Å². The van der Waals surface area contributed by atoms with Crippen LogP contribution < -0.4 is 4.74 Å². The van der Waals surface area contributed by atoms with Crippen molar-refractivity contribution in [3.8, 4) is 5.75 Å². The zero-order valence-corrected chi connectivity index (χ0v) is 9.82. The quantitative estimate of drug-likeness (QED) is 0.687. The Balaban J connectivity index is 2.34. The van der Waals surface area contributed by atoms with Crippen LogP contribution in [0.15, 0.2) is 24.3 Å². The second kappa shape index (κ2) is 8.13. The minimum absolute atomic E-state index is 0.157. The minimum Gasteiger partial charge on any atom is -0.493 e. The van der Waals surface area contributed by atoms with Crippen LogP contribution in [0.3, 0.4) is 0 Å². The van der Waals surface area contributed by atoms with Gasteiger partial charge in [0.1, 0.15) is 5.75 Å². The van der Waals surface area contributed by atoms with E-state index in [1.165, 1.54) is 0 Å². The molecule has 90 valence electrons. The van der Waals surface area contributed by atoms with Crippen molar-refractivity contribution >= 4 is 0 Å². The van der Waals surface area contributed by atoms with Gasteiger partial charge in [-0.05, 0) is 30.9 Å². The smallest absolute Gasteiger partial charge is 0.122 e. The molecule has 0 radical (unpaired) electrons. The lowest BCUT2D eigenvalue weighted by Gasteiger charge is -2.10. The maximum Gasteiger partial charge on any atom is 0.122 e. The molecule has 3 heteroatoms. The standard InChI is InChI=1S/C13H20O3/c1-15-10-4-5-11-16-13-7-3-2-6-12(13)8-9-14/h2-3,6-7,14H,4-5,8-11H2,1H3. The van der Waals surface area contributed by atoms with Crippen LogP contribution in [0, 0.1) is 0 Å². The van der Waals surface area contributed by atoms with Crippen molar-refractivity contribution in [2.75, 3.05) is 26.9 Å². The maximum atomic E-state index is 8.91. The molecule has 0 aromatic heterocycles. The molecule has 1 aromatic carbocycles. The molecular weight excluding hydrogens is 204 g/mol. The number of hydrogen-bond donors (Lipinski definition) is 1. The number of rotatable bonds is 8. The minimum atomic E-state index is 0.157. The summed E-state index contributed by atoms with van der Waals surface area (Å²) in [5, 5.41) is 8.91. The lowest BCUT2D eigenvalue weighted by atomic mass is 10.1. The van der Waals surface area contributed by atoms with Crippen molar-refractivity contribution in [3.63, 3.8) is 0 Å². The van der Waals surface area contributed by atoms with Crippen molar-refractivity contribution in [3.05, 3.63) is 29.8 Å². The zero-order chi connectivity index (χ0) is 11.6. The van der Waals surface area contributed by atoms with Gasteiger partial charge < -0.3 is 14.6 Å². The summed E-state index contributed by atoms with van der Waals surface area (Å²) in [5.74, 6) is 0.883. The first-order valence-corrected chi connectivity index (χ1v) is 5.69. The monoisotopic (exact) mass is 224 g/mol. The number of aliphatic hydroxyl groups is 1. The zero-order valence-electron chi connectivity index (χ0n) is 9.82. The van der Waals surface area contributed by atoms with Crippen molar-refractivity contribution in [1.29, 1.82) is 0 Å². The summed E-state index contributed by atoms with van der Waals surface area (Å²) in [6, 6.07) is 7.84. The Morgan fingerprint density at radius 3 is 2.62 bits per heavy atom. The molecule has 1 aromatic rings. The highest BCUT2D eigenvalue weighted by Crippen LogP contribution is 2.18. The molecule has 0 fully saturated rings. The molecule has 0 bridgehead atoms. The highest BCUT2D eigenvalue weighted by Gasteiger charge is 2.01. The number of ether oxygens (including phenoxy) is 2. The highest BCUT2D eigenvalue weighted by atomic mass is 16.5. The largest absolute Gasteiger partial charge is 0.493 e. The Kier molecular flexibility index (Phi) is 6.61. The van der Waals surface area contributed by atoms with Crippen molar-refractivity contribution in [1.82, 2.24) is 0 Å². The molecule has 16 heavy (non-hydrogen) atoms. The summed E-state index contributed by atoms with van der Waals surface area (Å²) in [7, 11) is 1.71. The lowest BCUT2D eigenvalue weighted by Crippen LogP contribution is -2.02. The van der Waals surface area contributed by atoms with Gasteiger partial charge in [0.15, 0.2) is 0 Å². The summed E-state index contributed by atoms with van der Waals surface area (Å²) in [6.07, 6.45) is 2.65. The SMILES string of the molecule is COCCCCOc1ccccc1CCO. The van der Waals surface area contributed by atoms with Gasteiger partial charge in [-0.25, -0.2) is 0 Å². The Morgan fingerprint density at radius 1 is 1.12 bits per heavy atom. The molecule has 1 N–H and O–H groups in total. The van der Waals surface area contributed by atoms with Crippen LogP contribution in [0.5, 0.6) is 5.75 Å². The first-order chi connectivity index (χ1) is 7.88. The van der Waals surface area contributed by atoms with Crippen LogP contribution in [-0.4, -0.2) is 32.0 Å². The fraction of sp³-hybridized carbons (Fsp3) is 0.538. The second-order valence-electron chi connectivity index (χ2n) is 3.63. The number of para-hydroxylation sites is 1. The third-order valence-electron chi connectivity index (χ3n) is 2.35. The third-order valence-corrected chi connectivity index (χ3v) is 2.35. The van der Waals surface area contributed by atoms with Crippen LogP contribution in [-0.2, 0) is 11.2 Å². The van der Waals surface area contributed by atoms with Crippen LogP contribution in [0.4, 0.5) is 0 Å². The van der Waals surface area contributed by atoms with E-state index < -0.39 is 0 Å². The molecule has 0 spiro atoms. The molecule has 0 aliphatic heterocycles. The second-order valence-corrected chi connectivity index (χ2v) is 3.63. The summed E-state index contributed by atoms with van der Waals surface area (Å²) in [4.78, 5) is 0. The molecule has 0 atom stereocenters. The predicted molar refractivity (Wildman–Crippen MR) is 63.8 cm³/mol. The van der Waals surface area contributed by atoms with Gasteiger partial charge in [0.25, 0.3) is 0 Å². The first kappa shape index (κ1) is 13.0. The first-order valence-electron chi connectivity index (χ1n) is 5.69. The summed E-state index contributed by atoms with van der Waals surface area (Å²) in [5.41, 5.74) is 1.07. The summed E-state index contributed by atoms with van der Waals surface area (Å²) in [6.45, 7) is 1.64. The predicted octanol–water partition coefficient (Wildman–Crippen LogP) is 2.03. The van der Waals surface area contributed by atoms with Crippen LogP contribution in [0.2, 0.25) is 0 Å². The van der Waals surface area contributed by atoms with E-state index in [0.717, 1.165) is 30.8 Å². The molecule has 0 amide bonds. The topological polar surface area (TPSA) is 38.7 Å².